The van der Waals surface area contributed by atoms with Gasteiger partial charge in [-0.25, -0.2) is 0 Å². The van der Waals surface area contributed by atoms with Crippen LogP contribution in [-0.2, 0) is 0 Å². The summed E-state index contributed by atoms with van der Waals surface area (Å²) in [5, 5.41) is 8.08. The quantitative estimate of drug-likeness (QED) is 0.143. The molecule has 0 atom stereocenters. The summed E-state index contributed by atoms with van der Waals surface area (Å²) in [6, 6.07) is 47.0. The van der Waals surface area contributed by atoms with Gasteiger partial charge in [-0.05, 0) is 132 Å². The van der Waals surface area contributed by atoms with Crippen molar-refractivity contribution in [3.63, 3.8) is 0 Å². The van der Waals surface area contributed by atoms with Gasteiger partial charge in [-0.1, -0.05) is 258 Å². The Kier molecular flexibility index (Phi) is 54.5. The van der Waals surface area contributed by atoms with Gasteiger partial charge in [-0.3, -0.25) is 0 Å². The lowest BCUT2D eigenvalue weighted by molar-refractivity contribution is 1.34. The first kappa shape index (κ1) is 69.0. The molecule has 0 heteroatoms. The zero-order chi connectivity index (χ0) is 49.6. The second-order valence-corrected chi connectivity index (χ2v) is 11.8. The zero-order valence-corrected chi connectivity index (χ0v) is 45.7. The predicted molar refractivity (Wildman–Crippen MR) is 298 cm³/mol. The van der Waals surface area contributed by atoms with Gasteiger partial charge in [-0.2, -0.15) is 0 Å². The first-order valence-corrected chi connectivity index (χ1v) is 24.5. The van der Waals surface area contributed by atoms with Crippen LogP contribution in [0.1, 0.15) is 169 Å². The Morgan fingerprint density at radius 1 is 0.194 bits per heavy atom. The standard InChI is InChI=1S/3C12H12.C8H10.9C2H6/c1-9-7-11-5-3-4-6-12(11)8-10(9)2;2*1-9-7-8-11-5-3-4-6-12(11)10(9)2;1-7-5-3-4-6-8(7)2;9*1-2/h3*3-8H,1-2H3;3-6H,1-2H3;9*1-2H3. The van der Waals surface area contributed by atoms with Crippen molar-refractivity contribution < 1.29 is 0 Å². The molecule has 0 aliphatic carbocycles. The lowest BCUT2D eigenvalue weighted by atomic mass is 10.0. The monoisotopic (exact) mass is 845 g/mol. The van der Waals surface area contributed by atoms with Crippen LogP contribution in [0, 0.1) is 55.4 Å². The van der Waals surface area contributed by atoms with E-state index in [1.807, 2.05) is 125 Å². The fraction of sp³-hybridized carbons (Fsp3) is 0.419. The molecule has 0 nitrogen and oxygen atoms in total. The van der Waals surface area contributed by atoms with Gasteiger partial charge in [0.05, 0.1) is 0 Å². The molecule has 0 aliphatic heterocycles. The topological polar surface area (TPSA) is 0 Å². The Hall–Kier alpha value is -4.68. The summed E-state index contributed by atoms with van der Waals surface area (Å²) in [6.07, 6.45) is 0. The molecule has 0 saturated carbocycles. The highest BCUT2D eigenvalue weighted by Crippen LogP contribution is 2.22. The van der Waals surface area contributed by atoms with Crippen molar-refractivity contribution >= 4 is 32.3 Å². The highest BCUT2D eigenvalue weighted by Gasteiger charge is 1.99. The number of fused-ring (bicyclic) bond motifs is 3. The van der Waals surface area contributed by atoms with Gasteiger partial charge in [0.15, 0.2) is 0 Å². The van der Waals surface area contributed by atoms with Crippen molar-refractivity contribution in [1.29, 1.82) is 0 Å². The van der Waals surface area contributed by atoms with Crippen molar-refractivity contribution in [2.45, 2.75) is 180 Å². The van der Waals surface area contributed by atoms with Gasteiger partial charge in [-0.15, -0.1) is 0 Å². The fourth-order valence-electron chi connectivity index (χ4n) is 5.20. The van der Waals surface area contributed by atoms with Crippen molar-refractivity contribution in [3.05, 3.63) is 178 Å². The van der Waals surface area contributed by atoms with Crippen molar-refractivity contribution in [1.82, 2.24) is 0 Å². The largest absolute Gasteiger partial charge is 0.0683 e. The van der Waals surface area contributed by atoms with E-state index in [1.54, 1.807) is 0 Å². The van der Waals surface area contributed by atoms with E-state index in [0.29, 0.717) is 0 Å². The Morgan fingerprint density at radius 2 is 0.419 bits per heavy atom. The molecule has 0 amide bonds. The van der Waals surface area contributed by atoms with Crippen molar-refractivity contribution in [3.8, 4) is 0 Å². The van der Waals surface area contributed by atoms with Crippen LogP contribution in [0.4, 0.5) is 0 Å². The maximum Gasteiger partial charge on any atom is -0.0152 e. The van der Waals surface area contributed by atoms with E-state index in [9.17, 15) is 0 Å². The van der Waals surface area contributed by atoms with E-state index in [0.717, 1.165) is 0 Å². The molecule has 0 spiro atoms. The number of hydrogen-bond donors (Lipinski definition) is 0. The number of hydrogen-bond acceptors (Lipinski definition) is 0. The molecule has 348 valence electrons. The molecule has 0 aromatic heterocycles. The first-order valence-electron chi connectivity index (χ1n) is 24.5. The Labute approximate surface area is 388 Å². The normalized spacial score (nSPS) is 8.16. The summed E-state index contributed by atoms with van der Waals surface area (Å²) in [5.74, 6) is 0. The minimum atomic E-state index is 1.33. The van der Waals surface area contributed by atoms with Gasteiger partial charge < -0.3 is 0 Å². The van der Waals surface area contributed by atoms with Crippen LogP contribution < -0.4 is 0 Å². The minimum Gasteiger partial charge on any atom is -0.0683 e. The zero-order valence-electron chi connectivity index (χ0n) is 45.7. The van der Waals surface area contributed by atoms with Crippen LogP contribution in [0.15, 0.2) is 133 Å². The van der Waals surface area contributed by atoms with Crippen LogP contribution in [0.25, 0.3) is 32.3 Å². The predicted octanol–water partition coefficient (Wildman–Crippen LogP) is 21.9. The molecule has 0 unspecified atom stereocenters. The average molecular weight is 845 g/mol. The molecule has 7 rings (SSSR count). The smallest absolute Gasteiger partial charge is 0.0152 e. The summed E-state index contributed by atoms with van der Waals surface area (Å²) < 4.78 is 0. The number of aryl methyl sites for hydroxylation is 8. The third-order valence-electron chi connectivity index (χ3n) is 8.73. The number of rotatable bonds is 0. The summed E-state index contributed by atoms with van der Waals surface area (Å²) in [4.78, 5) is 0. The van der Waals surface area contributed by atoms with Crippen LogP contribution in [0.2, 0.25) is 0 Å². The maximum atomic E-state index is 2.24. The van der Waals surface area contributed by atoms with E-state index in [4.69, 9.17) is 0 Å². The summed E-state index contributed by atoms with van der Waals surface area (Å²) >= 11 is 0. The third kappa shape index (κ3) is 27.3. The molecule has 0 aliphatic rings. The average Bonchev–Trinajstić information content (AvgIpc) is 3.36. The van der Waals surface area contributed by atoms with Gasteiger partial charge >= 0.3 is 0 Å². The second-order valence-electron chi connectivity index (χ2n) is 11.8. The Balaban J connectivity index is -0.000000151. The summed E-state index contributed by atoms with van der Waals surface area (Å²) in [7, 11) is 0. The molecule has 62 heavy (non-hydrogen) atoms. The molecule has 7 aromatic carbocycles. The van der Waals surface area contributed by atoms with E-state index >= 15 is 0 Å². The SMILES string of the molecule is CC.CC.CC.CC.CC.CC.CC.CC.CC.Cc1cc2ccccc2cc1C.Cc1ccc2ccccc2c1C.Cc1ccc2ccccc2c1C.Cc1ccccc1C. The van der Waals surface area contributed by atoms with Crippen LogP contribution in [-0.4, -0.2) is 0 Å². The molecule has 0 saturated heterocycles. The molecule has 0 N–H and O–H groups in total. The van der Waals surface area contributed by atoms with E-state index in [2.05, 4.69) is 189 Å². The van der Waals surface area contributed by atoms with E-state index in [-0.39, 0.29) is 0 Å². The minimum absolute atomic E-state index is 1.33. The highest BCUT2D eigenvalue weighted by atomic mass is 14.0. The van der Waals surface area contributed by atoms with Gasteiger partial charge in [0.1, 0.15) is 0 Å². The Morgan fingerprint density at radius 3 is 0.677 bits per heavy atom. The second kappa shape index (κ2) is 49.0. The van der Waals surface area contributed by atoms with E-state index in [1.165, 1.54) is 76.8 Å². The van der Waals surface area contributed by atoms with Crippen LogP contribution >= 0.6 is 0 Å². The number of benzene rings is 7. The van der Waals surface area contributed by atoms with Gasteiger partial charge in [0.25, 0.3) is 0 Å². The first-order chi connectivity index (χ1) is 30.2. The lowest BCUT2D eigenvalue weighted by Crippen LogP contribution is -1.82. The molecule has 7 aromatic rings. The summed E-state index contributed by atoms with van der Waals surface area (Å²) in [6.45, 7) is 53.2. The van der Waals surface area contributed by atoms with Gasteiger partial charge in [0, 0.05) is 0 Å². The molecule has 0 radical (unpaired) electrons. The molecular weight excluding hydrogens is 745 g/mol. The maximum absolute atomic E-state index is 2.24. The molecule has 0 bridgehead atoms. The van der Waals surface area contributed by atoms with Gasteiger partial charge in [0.2, 0.25) is 0 Å². The fourth-order valence-corrected chi connectivity index (χ4v) is 5.20. The van der Waals surface area contributed by atoms with Crippen LogP contribution in [0.5, 0.6) is 0 Å². The van der Waals surface area contributed by atoms with E-state index < -0.39 is 0 Å². The molecular formula is C62H100. The third-order valence-corrected chi connectivity index (χ3v) is 8.73. The highest BCUT2D eigenvalue weighted by molar-refractivity contribution is 5.87. The lowest BCUT2D eigenvalue weighted by Gasteiger charge is -2.04. The van der Waals surface area contributed by atoms with Crippen molar-refractivity contribution in [2.75, 3.05) is 0 Å². The van der Waals surface area contributed by atoms with Crippen LogP contribution in [0.3, 0.4) is 0 Å². The van der Waals surface area contributed by atoms with Crippen molar-refractivity contribution in [2.24, 2.45) is 0 Å². The summed E-state index contributed by atoms with van der Waals surface area (Å²) in [5.41, 5.74) is 11.0. The Bertz CT molecular complexity index is 1830. The molecule has 0 fully saturated rings. The molecule has 0 heterocycles.